The van der Waals surface area contributed by atoms with Crippen LogP contribution in [0.5, 0.6) is 0 Å². The molecule has 0 saturated heterocycles. The van der Waals surface area contributed by atoms with E-state index in [9.17, 15) is 9.90 Å². The van der Waals surface area contributed by atoms with E-state index in [4.69, 9.17) is 11.6 Å². The Hall–Kier alpha value is -1.88. The number of benzene rings is 2. The Bertz CT molecular complexity index is 849. The zero-order valence-corrected chi connectivity index (χ0v) is 17.0. The fraction of sp³-hybridized carbons (Fsp3) is 0.435. The smallest absolute Gasteiger partial charge is 0.238 e. The number of hydrogen-bond acceptors (Lipinski definition) is 3. The van der Waals surface area contributed by atoms with Gasteiger partial charge in [0, 0.05) is 11.6 Å². The van der Waals surface area contributed by atoms with Gasteiger partial charge in [0.15, 0.2) is 0 Å². The average Bonchev–Trinajstić information content (AvgIpc) is 2.92. The van der Waals surface area contributed by atoms with Crippen molar-refractivity contribution in [2.45, 2.75) is 49.7 Å². The van der Waals surface area contributed by atoms with Crippen LogP contribution in [0.25, 0.3) is 0 Å². The Morgan fingerprint density at radius 2 is 1.86 bits per heavy atom. The fourth-order valence-electron chi connectivity index (χ4n) is 4.99. The molecule has 2 aliphatic rings. The first-order valence-electron chi connectivity index (χ1n) is 10.1. The molecule has 1 amide bonds. The number of amides is 1. The lowest BCUT2D eigenvalue weighted by molar-refractivity contribution is -0.125. The van der Waals surface area contributed by atoms with Gasteiger partial charge in [-0.2, -0.15) is 0 Å². The zero-order chi connectivity index (χ0) is 19.7. The van der Waals surface area contributed by atoms with Crippen LogP contribution in [0.4, 0.5) is 5.69 Å². The van der Waals surface area contributed by atoms with E-state index in [1.54, 1.807) is 0 Å². The van der Waals surface area contributed by atoms with Gasteiger partial charge in [0.25, 0.3) is 0 Å². The molecule has 1 aliphatic carbocycles. The number of hydrogen-bond donors (Lipinski definition) is 2. The largest absolute Gasteiger partial charge is 0.389 e. The molecule has 0 unspecified atom stereocenters. The van der Waals surface area contributed by atoms with E-state index >= 15 is 0 Å². The molecule has 2 aromatic rings. The number of likely N-dealkylation sites (N-methyl/N-ethyl adjacent to an activating group) is 1. The molecule has 0 radical (unpaired) electrons. The van der Waals surface area contributed by atoms with E-state index in [0.29, 0.717) is 11.6 Å². The van der Waals surface area contributed by atoms with Crippen LogP contribution < -0.4 is 10.2 Å². The second-order valence-electron chi connectivity index (χ2n) is 7.96. The Balaban J connectivity index is 1.87. The van der Waals surface area contributed by atoms with Crippen LogP contribution in [0.2, 0.25) is 5.02 Å². The predicted molar refractivity (Wildman–Crippen MR) is 113 cm³/mol. The van der Waals surface area contributed by atoms with E-state index in [1.807, 2.05) is 60.5 Å². The van der Waals surface area contributed by atoms with E-state index in [2.05, 4.69) is 5.32 Å². The van der Waals surface area contributed by atoms with Crippen LogP contribution in [-0.4, -0.2) is 30.7 Å². The van der Waals surface area contributed by atoms with Crippen molar-refractivity contribution in [3.63, 3.8) is 0 Å². The van der Waals surface area contributed by atoms with Gasteiger partial charge in [-0.25, -0.2) is 0 Å². The molecule has 2 N–H and O–H groups in total. The highest BCUT2D eigenvalue weighted by molar-refractivity contribution is 6.31. The van der Waals surface area contributed by atoms with Crippen molar-refractivity contribution in [1.82, 2.24) is 5.32 Å². The van der Waals surface area contributed by atoms with Gasteiger partial charge in [-0.15, -0.1) is 0 Å². The summed E-state index contributed by atoms with van der Waals surface area (Å²) in [5, 5.41) is 14.7. The van der Waals surface area contributed by atoms with Crippen molar-refractivity contribution < 1.29 is 9.90 Å². The summed E-state index contributed by atoms with van der Waals surface area (Å²) in [6.45, 7) is 0.395. The Morgan fingerprint density at radius 3 is 2.54 bits per heavy atom. The van der Waals surface area contributed by atoms with Gasteiger partial charge in [0.1, 0.15) is 0 Å². The molecule has 148 valence electrons. The number of fused-ring (bicyclic) bond motifs is 2. The summed E-state index contributed by atoms with van der Waals surface area (Å²) in [4.78, 5) is 15.7. The van der Waals surface area contributed by atoms with Crippen molar-refractivity contribution in [3.05, 3.63) is 64.7 Å². The van der Waals surface area contributed by atoms with E-state index in [1.165, 1.54) is 6.42 Å². The number of rotatable bonds is 5. The van der Waals surface area contributed by atoms with Crippen LogP contribution in [0, 0.1) is 0 Å². The second kappa shape index (κ2) is 7.86. The number of nitrogens with one attached hydrogen (secondary N) is 1. The minimum Gasteiger partial charge on any atom is -0.389 e. The molecule has 1 spiro atoms. The topological polar surface area (TPSA) is 52.6 Å². The summed E-state index contributed by atoms with van der Waals surface area (Å²) in [6, 6.07) is 15.1. The molecule has 1 aliphatic heterocycles. The number of nitrogens with zero attached hydrogens (tertiary/aromatic N) is 1. The first-order valence-corrected chi connectivity index (χ1v) is 10.5. The Kier molecular flexibility index (Phi) is 5.46. The summed E-state index contributed by atoms with van der Waals surface area (Å²) in [5.74, 6) is 0.105. The molecule has 4 rings (SSSR count). The standard InChI is InChI=1S/C23H27ClN2O2/c1-25-15-20(27)21(16-8-4-2-5-9-16)26-19-14-17(24)10-11-18(19)23(22(26)28)12-6-3-7-13-23/h2,4-5,8-11,14,20-21,25,27H,3,6-7,12-13,15H2,1H3/t20-,21+/m1/s1. The molecule has 28 heavy (non-hydrogen) atoms. The van der Waals surface area contributed by atoms with E-state index in [-0.39, 0.29) is 5.91 Å². The third-order valence-corrected chi connectivity index (χ3v) is 6.50. The van der Waals surface area contributed by atoms with E-state index < -0.39 is 17.6 Å². The lowest BCUT2D eigenvalue weighted by Crippen LogP contribution is -2.47. The van der Waals surface area contributed by atoms with Crippen molar-refractivity contribution >= 4 is 23.2 Å². The first kappa shape index (κ1) is 19.4. The van der Waals surface area contributed by atoms with Crippen LogP contribution >= 0.6 is 11.6 Å². The van der Waals surface area contributed by atoms with Crippen molar-refractivity contribution in [2.75, 3.05) is 18.5 Å². The third-order valence-electron chi connectivity index (χ3n) is 6.27. The fourth-order valence-corrected chi connectivity index (χ4v) is 5.16. The summed E-state index contributed by atoms with van der Waals surface area (Å²) in [6.07, 6.45) is 4.26. The molecule has 1 fully saturated rings. The molecule has 2 atom stereocenters. The number of halogens is 1. The maximum absolute atomic E-state index is 13.9. The molecule has 2 aromatic carbocycles. The molecule has 1 saturated carbocycles. The number of aliphatic hydroxyl groups is 1. The van der Waals surface area contributed by atoms with Crippen LogP contribution in [0.3, 0.4) is 0 Å². The number of carbonyl (C=O) groups is 1. The summed E-state index contributed by atoms with van der Waals surface area (Å²) in [7, 11) is 1.81. The molecular formula is C23H27ClN2O2. The lowest BCUT2D eigenvalue weighted by Gasteiger charge is -2.36. The molecule has 0 aromatic heterocycles. The third kappa shape index (κ3) is 3.14. The minimum atomic E-state index is -0.734. The van der Waals surface area contributed by atoms with E-state index in [0.717, 1.165) is 42.5 Å². The van der Waals surface area contributed by atoms with Crippen LogP contribution in [0.1, 0.15) is 49.3 Å². The Morgan fingerprint density at radius 1 is 1.14 bits per heavy atom. The molecule has 0 bridgehead atoms. The van der Waals surface area contributed by atoms with Gasteiger partial charge in [-0.3, -0.25) is 4.79 Å². The van der Waals surface area contributed by atoms with Gasteiger partial charge in [-0.1, -0.05) is 67.3 Å². The maximum atomic E-state index is 13.9. The highest BCUT2D eigenvalue weighted by Crippen LogP contribution is 2.53. The average molecular weight is 399 g/mol. The van der Waals surface area contributed by atoms with Gasteiger partial charge in [0.2, 0.25) is 5.91 Å². The minimum absolute atomic E-state index is 0.105. The van der Waals surface area contributed by atoms with Gasteiger partial charge < -0.3 is 15.3 Å². The van der Waals surface area contributed by atoms with Crippen LogP contribution in [-0.2, 0) is 10.2 Å². The van der Waals surface area contributed by atoms with Crippen molar-refractivity contribution in [2.24, 2.45) is 0 Å². The van der Waals surface area contributed by atoms with Gasteiger partial charge in [0.05, 0.1) is 23.2 Å². The van der Waals surface area contributed by atoms with Crippen molar-refractivity contribution in [3.8, 4) is 0 Å². The predicted octanol–water partition coefficient (Wildman–Crippen LogP) is 4.21. The van der Waals surface area contributed by atoms with Crippen LogP contribution in [0.15, 0.2) is 48.5 Å². The quantitative estimate of drug-likeness (QED) is 0.793. The molecule has 4 nitrogen and oxygen atoms in total. The highest BCUT2D eigenvalue weighted by Gasteiger charge is 2.53. The lowest BCUT2D eigenvalue weighted by atomic mass is 9.70. The van der Waals surface area contributed by atoms with Crippen molar-refractivity contribution in [1.29, 1.82) is 0 Å². The summed E-state index contributed by atoms with van der Waals surface area (Å²) in [5.41, 5.74) is 2.37. The van der Waals surface area contributed by atoms with Gasteiger partial charge >= 0.3 is 0 Å². The monoisotopic (exact) mass is 398 g/mol. The maximum Gasteiger partial charge on any atom is 0.238 e. The van der Waals surface area contributed by atoms with Gasteiger partial charge in [-0.05, 0) is 43.1 Å². The summed E-state index contributed by atoms with van der Waals surface area (Å²) < 4.78 is 0. The SMILES string of the molecule is CNC[C@@H](O)[C@H](c1ccccc1)N1C(=O)C2(CCCCC2)c2ccc(Cl)cc21. The molecular weight excluding hydrogens is 372 g/mol. The molecule has 1 heterocycles. The molecule has 5 heteroatoms. The second-order valence-corrected chi connectivity index (χ2v) is 8.40. The highest BCUT2D eigenvalue weighted by atomic mass is 35.5. The number of aliphatic hydroxyl groups excluding tert-OH is 1. The normalized spacial score (nSPS) is 20.2. The Labute approximate surface area is 171 Å². The summed E-state index contributed by atoms with van der Waals surface area (Å²) >= 11 is 6.34. The first-order chi connectivity index (χ1) is 13.6. The number of carbonyl (C=O) groups excluding carboxylic acids is 1. The number of anilines is 1. The zero-order valence-electron chi connectivity index (χ0n) is 16.2.